The smallest absolute Gasteiger partial charge is 0.358 e. The van der Waals surface area contributed by atoms with Crippen LogP contribution >= 0.6 is 0 Å². The van der Waals surface area contributed by atoms with Crippen LogP contribution < -0.4 is 0 Å². The monoisotopic (exact) mass is 268 g/mol. The van der Waals surface area contributed by atoms with Crippen molar-refractivity contribution in [1.82, 2.24) is 0 Å². The molecule has 0 aromatic rings. The van der Waals surface area contributed by atoms with Crippen molar-refractivity contribution >= 4 is 11.2 Å². The van der Waals surface area contributed by atoms with Crippen molar-refractivity contribution in [1.29, 1.82) is 0 Å². The molecule has 0 saturated heterocycles. The Bertz CT molecular complexity index is 21.5. The quantitative estimate of drug-likeness (QED) is 0.589. The molecule has 0 saturated carbocycles. The number of hydrogen-bond acceptors (Lipinski definition) is 1. The van der Waals surface area contributed by atoms with Crippen molar-refractivity contribution in [3.05, 3.63) is 7.43 Å². The van der Waals surface area contributed by atoms with Gasteiger partial charge in [0.2, 0.25) is 0 Å². The first-order valence-corrected chi connectivity index (χ1v) is 2.36. The van der Waals surface area contributed by atoms with Gasteiger partial charge in [0.15, 0.2) is 0 Å². The van der Waals surface area contributed by atoms with Crippen molar-refractivity contribution < 1.29 is 24.1 Å². The molecule has 0 unspecified atom stereocenters. The summed E-state index contributed by atoms with van der Waals surface area (Å²) in [5.74, 6) is 0. The molecule has 0 amide bonds. The SMILES string of the molecule is C=O.C[CH]=[Pt].[CH3-]. The van der Waals surface area contributed by atoms with Crippen LogP contribution in [0.5, 0.6) is 0 Å². The first-order chi connectivity index (χ1) is 2.41. The molecular weight excluding hydrogens is 259 g/mol. The zero-order valence-electron chi connectivity index (χ0n) is 4.01. The van der Waals surface area contributed by atoms with Crippen LogP contribution in [0.2, 0.25) is 0 Å². The molecule has 0 aromatic heterocycles. The van der Waals surface area contributed by atoms with E-state index >= 15 is 0 Å². The van der Waals surface area contributed by atoms with Crippen LogP contribution in [0.1, 0.15) is 6.92 Å². The molecule has 0 rings (SSSR count). The fourth-order valence-corrected chi connectivity index (χ4v) is 0. The van der Waals surface area contributed by atoms with Gasteiger partial charge < -0.3 is 12.2 Å². The van der Waals surface area contributed by atoms with Gasteiger partial charge in [-0.25, -0.2) is 0 Å². The zero-order valence-corrected chi connectivity index (χ0v) is 6.28. The van der Waals surface area contributed by atoms with Gasteiger partial charge >= 0.3 is 30.7 Å². The second kappa shape index (κ2) is 62.0. The van der Waals surface area contributed by atoms with Crippen LogP contribution in [-0.2, 0) is 24.1 Å². The van der Waals surface area contributed by atoms with Crippen LogP contribution in [-0.4, -0.2) is 11.2 Å². The van der Waals surface area contributed by atoms with Gasteiger partial charge in [-0.2, -0.15) is 0 Å². The summed E-state index contributed by atoms with van der Waals surface area (Å²) in [4.78, 5) is 8.00. The standard InChI is InChI=1S/C2H4.CH2O.CH3.Pt/c2*1-2;;/h1H,2H3;1H2;1H3;/q;;-1;. The molecule has 0 aliphatic carbocycles. The summed E-state index contributed by atoms with van der Waals surface area (Å²) in [5, 5.41) is 0. The molecule has 0 heterocycles. The molecule has 0 N–H and O–H groups in total. The summed E-state index contributed by atoms with van der Waals surface area (Å²) in [6.07, 6.45) is 0. The Morgan fingerprint density at radius 3 is 1.67 bits per heavy atom. The van der Waals surface area contributed by atoms with E-state index in [1.54, 1.807) is 0 Å². The Balaban J connectivity index is -0.0000000275. The van der Waals surface area contributed by atoms with Gasteiger partial charge in [-0.1, -0.05) is 0 Å². The van der Waals surface area contributed by atoms with E-state index in [1.165, 1.54) is 0 Å². The maximum atomic E-state index is 8.00. The van der Waals surface area contributed by atoms with E-state index < -0.39 is 0 Å². The Morgan fingerprint density at radius 2 is 1.67 bits per heavy atom. The second-order valence-electron chi connectivity index (χ2n) is 0.183. The van der Waals surface area contributed by atoms with Crippen LogP contribution in [0.4, 0.5) is 0 Å². The first kappa shape index (κ1) is 16.3. The van der Waals surface area contributed by atoms with Gasteiger partial charge in [0, 0.05) is 0 Å². The van der Waals surface area contributed by atoms with E-state index in [0.29, 0.717) is 0 Å². The molecule has 0 aliphatic heterocycles. The molecule has 0 fully saturated rings. The molecule has 0 aromatic carbocycles. The van der Waals surface area contributed by atoms with Gasteiger partial charge in [-0.3, -0.25) is 0 Å². The fourth-order valence-electron chi connectivity index (χ4n) is 0. The average Bonchev–Trinajstić information content (AvgIpc) is 1.46. The summed E-state index contributed by atoms with van der Waals surface area (Å²) in [5.41, 5.74) is 0. The summed E-state index contributed by atoms with van der Waals surface area (Å²) in [6, 6.07) is 0. The van der Waals surface area contributed by atoms with E-state index in [4.69, 9.17) is 4.79 Å². The Kier molecular flexibility index (Phi) is 169. The third-order valence-electron chi connectivity index (χ3n) is 0. The van der Waals surface area contributed by atoms with Gasteiger partial charge in [0.05, 0.1) is 0 Å². The molecule has 2 heteroatoms. The Morgan fingerprint density at radius 1 is 1.67 bits per heavy atom. The van der Waals surface area contributed by atoms with Crippen molar-refractivity contribution in [3.63, 3.8) is 0 Å². The van der Waals surface area contributed by atoms with Crippen molar-refractivity contribution in [2.75, 3.05) is 0 Å². The molecule has 0 aliphatic rings. The largest absolute Gasteiger partial charge is 0.358 e. The minimum atomic E-state index is 0. The van der Waals surface area contributed by atoms with Gasteiger partial charge in [-0.05, 0) is 0 Å². The van der Waals surface area contributed by atoms with E-state index in [1.807, 2.05) is 18.1 Å². The topological polar surface area (TPSA) is 17.1 Å². The van der Waals surface area contributed by atoms with Gasteiger partial charge in [0.1, 0.15) is 6.79 Å². The number of hydrogen-bond donors (Lipinski definition) is 0. The second-order valence-corrected chi connectivity index (χ2v) is 1.49. The van der Waals surface area contributed by atoms with Gasteiger partial charge in [0.25, 0.3) is 0 Å². The zero-order chi connectivity index (χ0) is 4.71. The third kappa shape index (κ3) is 845. The van der Waals surface area contributed by atoms with Crippen LogP contribution in [0.25, 0.3) is 0 Å². The van der Waals surface area contributed by atoms with E-state index in [0.717, 1.165) is 0 Å². The van der Waals surface area contributed by atoms with Crippen molar-refractivity contribution in [3.8, 4) is 0 Å². The summed E-state index contributed by atoms with van der Waals surface area (Å²) >= 11 is 2.15. The Labute approximate surface area is 50.2 Å². The van der Waals surface area contributed by atoms with Crippen LogP contribution in [0, 0.1) is 7.43 Å². The minimum absolute atomic E-state index is 0. The van der Waals surface area contributed by atoms with E-state index in [9.17, 15) is 0 Å². The maximum absolute atomic E-state index is 8.00. The number of carbonyl (C=O) groups excluding carboxylic acids is 1. The third-order valence-corrected chi connectivity index (χ3v) is 0. The summed E-state index contributed by atoms with van der Waals surface area (Å²) < 4.78 is 1.97. The maximum Gasteiger partial charge on any atom is -0.358 e. The summed E-state index contributed by atoms with van der Waals surface area (Å²) in [6.45, 7) is 3.99. The molecule has 0 radical (unpaired) electrons. The molecule has 0 bridgehead atoms. The normalized spacial score (nSPS) is 3.17. The van der Waals surface area contributed by atoms with Gasteiger partial charge in [-0.15, -0.1) is 0 Å². The number of carbonyl (C=O) groups is 1. The molecule has 1 nitrogen and oxygen atoms in total. The molecule has 0 spiro atoms. The number of rotatable bonds is 0. The van der Waals surface area contributed by atoms with E-state index in [2.05, 4.69) is 19.4 Å². The molecule has 6 heavy (non-hydrogen) atoms. The van der Waals surface area contributed by atoms with Crippen molar-refractivity contribution in [2.24, 2.45) is 0 Å². The minimum Gasteiger partial charge on any atom is -0.358 e. The fraction of sp³-hybridized carbons (Fsp3) is 0.250. The van der Waals surface area contributed by atoms with Crippen LogP contribution in [0.3, 0.4) is 0 Å². The first-order valence-electron chi connectivity index (χ1n) is 1.05. The van der Waals surface area contributed by atoms with Crippen LogP contribution in [0.15, 0.2) is 0 Å². The molecule has 42 valence electrons. The predicted molar refractivity (Wildman–Crippen MR) is 25.3 cm³/mol. The average molecular weight is 268 g/mol. The van der Waals surface area contributed by atoms with E-state index in [-0.39, 0.29) is 7.43 Å². The predicted octanol–water partition coefficient (Wildman–Crippen LogP) is 0.621. The summed E-state index contributed by atoms with van der Waals surface area (Å²) in [7, 11) is 0. The molecule has 0 atom stereocenters. The van der Waals surface area contributed by atoms with Crippen molar-refractivity contribution in [2.45, 2.75) is 6.92 Å². The Hall–Kier alpha value is 0.228. The molecular formula is C4H9OPt-.